The van der Waals surface area contributed by atoms with Gasteiger partial charge in [-0.2, -0.15) is 0 Å². The summed E-state index contributed by atoms with van der Waals surface area (Å²) in [6.45, 7) is -0.390. The van der Waals surface area contributed by atoms with Crippen LogP contribution in [0.15, 0.2) is 0 Å². The van der Waals surface area contributed by atoms with Crippen LogP contribution in [0.5, 0.6) is 0 Å². The van der Waals surface area contributed by atoms with E-state index in [2.05, 4.69) is 0 Å². The third kappa shape index (κ3) is 1.58. The third-order valence-corrected chi connectivity index (χ3v) is 2.02. The summed E-state index contributed by atoms with van der Waals surface area (Å²) in [4.78, 5) is 0. The molecule has 0 radical (unpaired) electrons. The molecule has 0 spiro atoms. The molecule has 0 amide bonds. The van der Waals surface area contributed by atoms with Gasteiger partial charge < -0.3 is 31.5 Å². The Kier molecular flexibility index (Phi) is 2.99. The first-order valence-corrected chi connectivity index (χ1v) is 3.71. The second kappa shape index (κ2) is 3.65. The summed E-state index contributed by atoms with van der Waals surface area (Å²) < 4.78 is 4.92. The van der Waals surface area contributed by atoms with Gasteiger partial charge in [0.25, 0.3) is 0 Å². The molecule has 12 heavy (non-hydrogen) atoms. The molecule has 1 fully saturated rings. The van der Waals surface area contributed by atoms with E-state index in [0.717, 1.165) is 0 Å². The molecule has 0 aromatic heterocycles. The fourth-order valence-electron chi connectivity index (χ4n) is 1.17. The predicted molar refractivity (Wildman–Crippen MR) is 39.9 cm³/mol. The summed E-state index contributed by atoms with van der Waals surface area (Å²) in [5.74, 6) is 0. The van der Waals surface area contributed by atoms with Crippen molar-refractivity contribution in [3.8, 4) is 0 Å². The van der Waals surface area contributed by atoms with Crippen molar-refractivity contribution in [2.75, 3.05) is 6.61 Å². The predicted octanol–water partition coefficient (Wildman–Crippen LogP) is -3.29. The molecule has 0 unspecified atom stereocenters. The molecule has 1 saturated heterocycles. The van der Waals surface area contributed by atoms with Gasteiger partial charge in [0.1, 0.15) is 24.5 Å². The van der Waals surface area contributed by atoms with Crippen molar-refractivity contribution in [2.24, 2.45) is 11.5 Å². The first kappa shape index (κ1) is 9.85. The lowest BCUT2D eigenvalue weighted by atomic mass is 9.97. The molecular formula is C6H14N2O4. The minimum atomic E-state index is -1.18. The molecular weight excluding hydrogens is 164 g/mol. The number of ether oxygens (including phenoxy) is 1. The number of nitrogens with two attached hydrogens (primary N) is 2. The van der Waals surface area contributed by atoms with Gasteiger partial charge >= 0.3 is 0 Å². The molecule has 6 heteroatoms. The maximum Gasteiger partial charge on any atom is 0.124 e. The highest BCUT2D eigenvalue weighted by atomic mass is 16.5. The highest BCUT2D eigenvalue weighted by Crippen LogP contribution is 2.16. The minimum Gasteiger partial charge on any atom is -0.394 e. The fraction of sp³-hybridized carbons (Fsp3) is 1.00. The van der Waals surface area contributed by atoms with E-state index >= 15 is 0 Å². The maximum atomic E-state index is 9.27. The third-order valence-electron chi connectivity index (χ3n) is 2.02. The van der Waals surface area contributed by atoms with Gasteiger partial charge in [-0.1, -0.05) is 0 Å². The Bertz CT molecular complexity index is 152. The van der Waals surface area contributed by atoms with Crippen molar-refractivity contribution < 1.29 is 20.1 Å². The van der Waals surface area contributed by atoms with Crippen LogP contribution in [0.2, 0.25) is 0 Å². The van der Waals surface area contributed by atoms with Crippen molar-refractivity contribution in [3.05, 3.63) is 0 Å². The molecule has 72 valence electrons. The fourth-order valence-corrected chi connectivity index (χ4v) is 1.17. The lowest BCUT2D eigenvalue weighted by Crippen LogP contribution is -2.64. The van der Waals surface area contributed by atoms with Gasteiger partial charge in [0.2, 0.25) is 0 Å². The van der Waals surface area contributed by atoms with E-state index in [0.29, 0.717) is 0 Å². The number of aliphatic hydroxyl groups excluding tert-OH is 3. The van der Waals surface area contributed by atoms with Crippen molar-refractivity contribution in [1.29, 1.82) is 0 Å². The van der Waals surface area contributed by atoms with Gasteiger partial charge in [-0.15, -0.1) is 0 Å². The second-order valence-corrected chi connectivity index (χ2v) is 2.88. The Morgan fingerprint density at radius 3 is 2.25 bits per heavy atom. The molecule has 1 aliphatic heterocycles. The van der Waals surface area contributed by atoms with E-state index in [1.54, 1.807) is 0 Å². The number of aliphatic hydroxyl groups is 3. The lowest BCUT2D eigenvalue weighted by Gasteiger charge is -2.38. The van der Waals surface area contributed by atoms with E-state index in [-0.39, 0.29) is 0 Å². The van der Waals surface area contributed by atoms with Gasteiger partial charge in [-0.05, 0) is 0 Å². The summed E-state index contributed by atoms with van der Waals surface area (Å²) in [5, 5.41) is 27.2. The monoisotopic (exact) mass is 178 g/mol. The van der Waals surface area contributed by atoms with E-state index in [1.807, 2.05) is 0 Å². The quantitative estimate of drug-likeness (QED) is 0.287. The Morgan fingerprint density at radius 2 is 1.75 bits per heavy atom. The van der Waals surface area contributed by atoms with Crippen LogP contribution in [-0.2, 0) is 4.74 Å². The highest BCUT2D eigenvalue weighted by molar-refractivity contribution is 4.92. The van der Waals surface area contributed by atoms with E-state index in [1.165, 1.54) is 0 Å². The van der Waals surface area contributed by atoms with Gasteiger partial charge in [-0.25, -0.2) is 0 Å². The minimum absolute atomic E-state index is 0.390. The lowest BCUT2D eigenvalue weighted by molar-refractivity contribution is -0.186. The van der Waals surface area contributed by atoms with Crippen LogP contribution in [0, 0.1) is 0 Å². The Labute approximate surface area is 69.7 Å². The molecule has 1 aliphatic rings. The molecule has 0 aromatic rings. The van der Waals surface area contributed by atoms with Crippen LogP contribution < -0.4 is 11.5 Å². The molecule has 1 heterocycles. The number of hydrogen-bond donors (Lipinski definition) is 5. The van der Waals surface area contributed by atoms with Gasteiger partial charge in [0.05, 0.1) is 12.6 Å². The van der Waals surface area contributed by atoms with Crippen LogP contribution in [0.25, 0.3) is 0 Å². The molecule has 1 rings (SSSR count). The second-order valence-electron chi connectivity index (χ2n) is 2.88. The van der Waals surface area contributed by atoms with Crippen molar-refractivity contribution in [1.82, 2.24) is 0 Å². The van der Waals surface area contributed by atoms with Crippen molar-refractivity contribution in [3.63, 3.8) is 0 Å². The first-order valence-electron chi connectivity index (χ1n) is 3.71. The maximum absolute atomic E-state index is 9.27. The van der Waals surface area contributed by atoms with Crippen LogP contribution in [0.4, 0.5) is 0 Å². The summed E-state index contributed by atoms with van der Waals surface area (Å²) >= 11 is 0. The van der Waals surface area contributed by atoms with E-state index in [9.17, 15) is 10.2 Å². The molecule has 5 atom stereocenters. The highest BCUT2D eigenvalue weighted by Gasteiger charge is 2.40. The zero-order valence-corrected chi connectivity index (χ0v) is 6.50. The molecule has 6 nitrogen and oxygen atoms in total. The van der Waals surface area contributed by atoms with Gasteiger partial charge in [0.15, 0.2) is 0 Å². The van der Waals surface area contributed by atoms with Crippen LogP contribution >= 0.6 is 0 Å². The van der Waals surface area contributed by atoms with Crippen LogP contribution in [0.1, 0.15) is 0 Å². The molecule has 0 bridgehead atoms. The summed E-state index contributed by atoms with van der Waals surface area (Å²) in [6, 6.07) is -0.817. The Balaban J connectivity index is 2.63. The normalized spacial score (nSPS) is 49.2. The average molecular weight is 178 g/mol. The smallest absolute Gasteiger partial charge is 0.124 e. The zero-order chi connectivity index (χ0) is 9.30. The van der Waals surface area contributed by atoms with E-state index < -0.39 is 37.2 Å². The van der Waals surface area contributed by atoms with Crippen molar-refractivity contribution in [2.45, 2.75) is 30.6 Å². The van der Waals surface area contributed by atoms with E-state index in [4.69, 9.17) is 21.3 Å². The molecule has 0 aromatic carbocycles. The SMILES string of the molecule is N[C@H]1[C@@H](O)[C@H](O)[C@@H](CO)O[C@H]1N. The molecule has 0 aliphatic carbocycles. The largest absolute Gasteiger partial charge is 0.394 e. The Morgan fingerprint density at radius 1 is 1.17 bits per heavy atom. The summed E-state index contributed by atoms with van der Waals surface area (Å²) in [6.07, 6.45) is -4.02. The van der Waals surface area contributed by atoms with Crippen LogP contribution in [-0.4, -0.2) is 52.5 Å². The van der Waals surface area contributed by atoms with Crippen LogP contribution in [0.3, 0.4) is 0 Å². The van der Waals surface area contributed by atoms with Gasteiger partial charge in [-0.3, -0.25) is 0 Å². The number of hydrogen-bond acceptors (Lipinski definition) is 6. The topological polar surface area (TPSA) is 122 Å². The first-order chi connectivity index (χ1) is 5.57. The molecule has 0 saturated carbocycles. The van der Waals surface area contributed by atoms with Gasteiger partial charge in [0, 0.05) is 0 Å². The molecule has 7 N–H and O–H groups in total. The average Bonchev–Trinajstić information content (AvgIpc) is 2.08. The zero-order valence-electron chi connectivity index (χ0n) is 6.50. The van der Waals surface area contributed by atoms with Crippen molar-refractivity contribution >= 4 is 0 Å². The summed E-state index contributed by atoms with van der Waals surface area (Å²) in [5.41, 5.74) is 10.8. The summed E-state index contributed by atoms with van der Waals surface area (Å²) in [7, 11) is 0. The number of rotatable bonds is 1. The Hall–Kier alpha value is -0.240. The standard InChI is InChI=1S/C6H14N2O4/c7-3-5(11)4(10)2(1-9)12-6(3)8/h2-6,9-11H,1,7-8H2/t2-,3+,4-,5-,6-/m1/s1.